The molecule has 1 aliphatic heterocycles. The zero-order valence-corrected chi connectivity index (χ0v) is 14.1. The van der Waals surface area contributed by atoms with E-state index < -0.39 is 11.7 Å². The summed E-state index contributed by atoms with van der Waals surface area (Å²) in [5, 5.41) is 14.9. The monoisotopic (exact) mass is 333 g/mol. The number of carbonyl (C=O) groups is 1. The summed E-state index contributed by atoms with van der Waals surface area (Å²) >= 11 is 0. The van der Waals surface area contributed by atoms with Gasteiger partial charge in [0.15, 0.2) is 5.82 Å². The number of nitrogens with zero attached hydrogens (tertiary/aromatic N) is 4. The molecule has 1 fully saturated rings. The highest BCUT2D eigenvalue weighted by atomic mass is 16.6. The minimum Gasteiger partial charge on any atom is -0.444 e. The van der Waals surface area contributed by atoms with Crippen molar-refractivity contribution in [2.75, 3.05) is 18.8 Å². The number of hydrogen-bond donors (Lipinski definition) is 2. The van der Waals surface area contributed by atoms with Crippen LogP contribution in [0.5, 0.6) is 0 Å². The quantitative estimate of drug-likeness (QED) is 0.865. The highest BCUT2D eigenvalue weighted by Gasteiger charge is 2.35. The number of aromatic nitrogens is 3. The van der Waals surface area contributed by atoms with E-state index in [1.807, 2.05) is 20.8 Å². The lowest BCUT2D eigenvalue weighted by molar-refractivity contribution is 0.0266. The molecule has 0 spiro atoms. The van der Waals surface area contributed by atoms with E-state index in [2.05, 4.69) is 10.1 Å². The fourth-order valence-corrected chi connectivity index (χ4v) is 2.98. The molecule has 2 atom stereocenters. The van der Waals surface area contributed by atoms with Gasteiger partial charge in [-0.15, -0.1) is 0 Å². The molecular weight excluding hydrogens is 310 g/mol. The zero-order chi connectivity index (χ0) is 17.5. The average Bonchev–Trinajstić information content (AvgIpc) is 3.13. The van der Waals surface area contributed by atoms with Crippen LogP contribution >= 0.6 is 0 Å². The number of nitrogen functional groups attached to an aromatic ring is 1. The highest BCUT2D eigenvalue weighted by Crippen LogP contribution is 2.31. The summed E-state index contributed by atoms with van der Waals surface area (Å²) < 4.78 is 6.99. The zero-order valence-electron chi connectivity index (χ0n) is 14.1. The van der Waals surface area contributed by atoms with Gasteiger partial charge in [-0.05, 0) is 39.3 Å². The maximum Gasteiger partial charge on any atom is 0.410 e. The van der Waals surface area contributed by atoms with Crippen molar-refractivity contribution in [1.29, 1.82) is 0 Å². The van der Waals surface area contributed by atoms with Gasteiger partial charge in [-0.1, -0.05) is 0 Å². The largest absolute Gasteiger partial charge is 0.444 e. The van der Waals surface area contributed by atoms with Crippen molar-refractivity contribution in [2.45, 2.75) is 38.9 Å². The van der Waals surface area contributed by atoms with Crippen molar-refractivity contribution in [2.24, 2.45) is 5.92 Å². The summed E-state index contributed by atoms with van der Waals surface area (Å²) in [6.07, 6.45) is 0.979. The minimum atomic E-state index is -0.741. The highest BCUT2D eigenvalue weighted by molar-refractivity contribution is 5.68. The topological polar surface area (TPSA) is 106 Å². The van der Waals surface area contributed by atoms with Crippen LogP contribution in [0.2, 0.25) is 0 Å². The van der Waals surface area contributed by atoms with Gasteiger partial charge in [-0.2, -0.15) is 5.10 Å². The predicted octanol–water partition coefficient (Wildman–Crippen LogP) is 1.60. The first-order valence-corrected chi connectivity index (χ1v) is 8.00. The lowest BCUT2D eigenvalue weighted by atomic mass is 9.99. The summed E-state index contributed by atoms with van der Waals surface area (Å²) in [5.74, 6) is 0.289. The van der Waals surface area contributed by atoms with Gasteiger partial charge in [-0.3, -0.25) is 0 Å². The second kappa shape index (κ2) is 5.94. The number of amides is 1. The number of rotatable bonds is 2. The summed E-state index contributed by atoms with van der Waals surface area (Å²) in [6, 6.07) is 3.58. The molecule has 24 heavy (non-hydrogen) atoms. The van der Waals surface area contributed by atoms with Gasteiger partial charge in [0.2, 0.25) is 0 Å². The van der Waals surface area contributed by atoms with Crippen LogP contribution in [-0.4, -0.2) is 49.4 Å². The lowest BCUT2D eigenvalue weighted by Crippen LogP contribution is -2.35. The molecule has 0 radical (unpaired) electrons. The molecule has 1 saturated heterocycles. The third kappa shape index (κ3) is 3.14. The first-order valence-electron chi connectivity index (χ1n) is 8.00. The molecule has 2 aromatic heterocycles. The molecule has 1 aliphatic rings. The van der Waals surface area contributed by atoms with Crippen molar-refractivity contribution in [3.05, 3.63) is 24.2 Å². The Kier molecular flexibility index (Phi) is 4.08. The maximum atomic E-state index is 12.2. The Morgan fingerprint density at radius 2 is 2.21 bits per heavy atom. The fourth-order valence-electron chi connectivity index (χ4n) is 2.98. The molecule has 8 nitrogen and oxygen atoms in total. The Balaban J connectivity index is 1.73. The molecule has 1 amide bonds. The minimum absolute atomic E-state index is 0.0770. The number of fused-ring (bicyclic) bond motifs is 1. The van der Waals surface area contributed by atoms with Crippen molar-refractivity contribution < 1.29 is 14.6 Å². The number of aliphatic hydroxyl groups is 1. The molecule has 0 bridgehead atoms. The number of hydrogen-bond acceptors (Lipinski definition) is 6. The maximum absolute atomic E-state index is 12.2. The van der Waals surface area contributed by atoms with Crippen LogP contribution in [-0.2, 0) is 4.74 Å². The van der Waals surface area contributed by atoms with Crippen LogP contribution in [0.25, 0.3) is 5.52 Å². The molecule has 8 heteroatoms. The van der Waals surface area contributed by atoms with Gasteiger partial charge in [0.1, 0.15) is 23.5 Å². The van der Waals surface area contributed by atoms with E-state index in [0.29, 0.717) is 36.5 Å². The molecule has 2 unspecified atom stereocenters. The molecular formula is C16H23N5O3. The van der Waals surface area contributed by atoms with Gasteiger partial charge >= 0.3 is 6.09 Å². The summed E-state index contributed by atoms with van der Waals surface area (Å²) in [6.45, 7) is 6.53. The summed E-state index contributed by atoms with van der Waals surface area (Å²) in [7, 11) is 0. The molecule has 0 aliphatic carbocycles. The van der Waals surface area contributed by atoms with Gasteiger partial charge in [0, 0.05) is 19.0 Å². The fraction of sp³-hybridized carbons (Fsp3) is 0.562. The molecule has 2 aromatic rings. The van der Waals surface area contributed by atoms with Crippen LogP contribution in [0.3, 0.4) is 0 Å². The van der Waals surface area contributed by atoms with Crippen LogP contribution in [0, 0.1) is 5.92 Å². The Hall–Kier alpha value is -2.35. The second-order valence-corrected chi connectivity index (χ2v) is 7.12. The smallest absolute Gasteiger partial charge is 0.410 e. The summed E-state index contributed by atoms with van der Waals surface area (Å²) in [4.78, 5) is 17.7. The normalized spacial score (nSPS) is 19.7. The molecule has 3 rings (SSSR count). The average molecular weight is 333 g/mol. The number of carbonyl (C=O) groups excluding carboxylic acids is 1. The van der Waals surface area contributed by atoms with Crippen LogP contribution < -0.4 is 5.73 Å². The van der Waals surface area contributed by atoms with E-state index in [1.54, 1.807) is 21.5 Å². The molecule has 0 aromatic carbocycles. The Morgan fingerprint density at radius 3 is 2.92 bits per heavy atom. The third-order valence-corrected chi connectivity index (χ3v) is 4.14. The van der Waals surface area contributed by atoms with E-state index in [1.165, 1.54) is 6.33 Å². The number of ether oxygens (including phenoxy) is 1. The lowest BCUT2D eigenvalue weighted by Gasteiger charge is -2.25. The number of anilines is 1. The first-order chi connectivity index (χ1) is 11.3. The van der Waals surface area contributed by atoms with Crippen molar-refractivity contribution in [1.82, 2.24) is 19.5 Å². The summed E-state index contributed by atoms with van der Waals surface area (Å²) in [5.41, 5.74) is 6.60. The van der Waals surface area contributed by atoms with E-state index in [0.717, 1.165) is 0 Å². The Morgan fingerprint density at radius 1 is 1.46 bits per heavy atom. The van der Waals surface area contributed by atoms with E-state index in [9.17, 15) is 9.90 Å². The number of nitrogens with two attached hydrogens (primary N) is 1. The second-order valence-electron chi connectivity index (χ2n) is 7.12. The van der Waals surface area contributed by atoms with Crippen LogP contribution in [0.1, 0.15) is 39.0 Å². The van der Waals surface area contributed by atoms with Gasteiger partial charge in [0.05, 0.1) is 5.69 Å². The SMILES string of the molecule is CC(C)(C)OC(=O)N1CCC(C(O)c2ccc3c(N)ncnn23)C1. The third-order valence-electron chi connectivity index (χ3n) is 4.14. The van der Waals surface area contributed by atoms with E-state index >= 15 is 0 Å². The van der Waals surface area contributed by atoms with E-state index in [4.69, 9.17) is 10.5 Å². The Labute approximate surface area is 140 Å². The van der Waals surface area contributed by atoms with Crippen molar-refractivity contribution in [3.8, 4) is 0 Å². The molecule has 130 valence electrons. The molecule has 0 saturated carbocycles. The van der Waals surface area contributed by atoms with E-state index in [-0.39, 0.29) is 12.0 Å². The van der Waals surface area contributed by atoms with Gasteiger partial charge in [-0.25, -0.2) is 14.3 Å². The molecule has 3 heterocycles. The van der Waals surface area contributed by atoms with Crippen molar-refractivity contribution in [3.63, 3.8) is 0 Å². The van der Waals surface area contributed by atoms with Crippen LogP contribution in [0.15, 0.2) is 18.5 Å². The standard InChI is InChI=1S/C16H23N5O3/c1-16(2,3)24-15(23)20-7-6-10(8-20)13(22)11-4-5-12-14(17)18-9-19-21(11)12/h4-5,9-10,13,22H,6-8H2,1-3H3,(H2,17,18,19). The molecule has 3 N–H and O–H groups in total. The number of likely N-dealkylation sites (tertiary alicyclic amines) is 1. The predicted molar refractivity (Wildman–Crippen MR) is 88.3 cm³/mol. The number of aliphatic hydroxyl groups excluding tert-OH is 1. The van der Waals surface area contributed by atoms with Gasteiger partial charge < -0.3 is 20.5 Å². The van der Waals surface area contributed by atoms with Gasteiger partial charge in [0.25, 0.3) is 0 Å². The Bertz CT molecular complexity index is 752. The van der Waals surface area contributed by atoms with Crippen LogP contribution in [0.4, 0.5) is 10.6 Å². The first kappa shape index (κ1) is 16.5. The van der Waals surface area contributed by atoms with Crippen molar-refractivity contribution >= 4 is 17.4 Å².